The summed E-state index contributed by atoms with van der Waals surface area (Å²) in [6, 6.07) is 2.06. The molecule has 2 fully saturated rings. The van der Waals surface area contributed by atoms with E-state index in [4.69, 9.17) is 4.74 Å². The van der Waals surface area contributed by atoms with Crippen LogP contribution < -0.4 is 14.7 Å². The van der Waals surface area contributed by atoms with Gasteiger partial charge in [0.05, 0.1) is 25.6 Å². The zero-order valence-electron chi connectivity index (χ0n) is 14.8. The fourth-order valence-corrected chi connectivity index (χ4v) is 3.26. The van der Waals surface area contributed by atoms with Crippen LogP contribution in [0, 0.1) is 12.7 Å². The number of hydrogen-bond acceptors (Lipinski definition) is 8. The third-order valence-electron chi connectivity index (χ3n) is 4.64. The van der Waals surface area contributed by atoms with Crippen molar-refractivity contribution >= 4 is 17.6 Å². The van der Waals surface area contributed by atoms with Crippen molar-refractivity contribution in [1.82, 2.24) is 19.9 Å². The van der Waals surface area contributed by atoms with Crippen molar-refractivity contribution in [3.8, 4) is 0 Å². The van der Waals surface area contributed by atoms with E-state index in [0.717, 1.165) is 69.9 Å². The zero-order chi connectivity index (χ0) is 17.9. The fourth-order valence-electron chi connectivity index (χ4n) is 3.26. The highest BCUT2D eigenvalue weighted by Crippen LogP contribution is 2.22. The van der Waals surface area contributed by atoms with Gasteiger partial charge < -0.3 is 19.4 Å². The molecule has 2 aromatic heterocycles. The van der Waals surface area contributed by atoms with Crippen LogP contribution in [0.3, 0.4) is 0 Å². The Labute approximate surface area is 151 Å². The first-order valence-corrected chi connectivity index (χ1v) is 8.85. The molecular weight excluding hydrogens is 337 g/mol. The number of morpholine rings is 1. The highest BCUT2D eigenvalue weighted by atomic mass is 19.1. The van der Waals surface area contributed by atoms with Crippen molar-refractivity contribution in [3.63, 3.8) is 0 Å². The summed E-state index contributed by atoms with van der Waals surface area (Å²) < 4.78 is 18.4. The summed E-state index contributed by atoms with van der Waals surface area (Å²) >= 11 is 0. The Kier molecular flexibility index (Phi) is 4.79. The Bertz CT molecular complexity index is 743. The van der Waals surface area contributed by atoms with E-state index in [-0.39, 0.29) is 0 Å². The number of ether oxygens (including phenoxy) is 1. The topological polar surface area (TPSA) is 70.5 Å². The maximum Gasteiger partial charge on any atom is 0.225 e. The first-order chi connectivity index (χ1) is 12.7. The molecule has 0 unspecified atom stereocenters. The van der Waals surface area contributed by atoms with Gasteiger partial charge in [-0.15, -0.1) is 0 Å². The van der Waals surface area contributed by atoms with Crippen LogP contribution >= 0.6 is 0 Å². The zero-order valence-corrected chi connectivity index (χ0v) is 14.8. The molecule has 26 heavy (non-hydrogen) atoms. The van der Waals surface area contributed by atoms with E-state index in [1.54, 1.807) is 0 Å². The average molecular weight is 359 g/mol. The standard InChI is InChI=1S/C17H22FN7O/c1-13-21-15(10-16(22-13)24-6-8-26-9-7-24)23-2-4-25(5-3-23)17-19-11-14(18)12-20-17/h10-12H,2-9H2,1H3. The van der Waals surface area contributed by atoms with Gasteiger partial charge in [0.2, 0.25) is 5.95 Å². The third kappa shape index (κ3) is 3.67. The molecule has 0 spiro atoms. The molecule has 0 radical (unpaired) electrons. The minimum Gasteiger partial charge on any atom is -0.378 e. The van der Waals surface area contributed by atoms with Crippen molar-refractivity contribution in [2.45, 2.75) is 6.92 Å². The Hall–Kier alpha value is -2.55. The van der Waals surface area contributed by atoms with Gasteiger partial charge in [-0.1, -0.05) is 0 Å². The van der Waals surface area contributed by atoms with Gasteiger partial charge in [-0.25, -0.2) is 24.3 Å². The van der Waals surface area contributed by atoms with Crippen molar-refractivity contribution in [3.05, 3.63) is 30.1 Å². The van der Waals surface area contributed by atoms with Gasteiger partial charge >= 0.3 is 0 Å². The summed E-state index contributed by atoms with van der Waals surface area (Å²) in [6.07, 6.45) is 2.41. The summed E-state index contributed by atoms with van der Waals surface area (Å²) in [7, 11) is 0. The van der Waals surface area contributed by atoms with E-state index in [0.29, 0.717) is 5.95 Å². The van der Waals surface area contributed by atoms with Crippen LogP contribution in [0.25, 0.3) is 0 Å². The van der Waals surface area contributed by atoms with E-state index in [1.165, 1.54) is 12.4 Å². The van der Waals surface area contributed by atoms with Crippen LogP contribution in [0.5, 0.6) is 0 Å². The number of anilines is 3. The molecule has 0 aliphatic carbocycles. The van der Waals surface area contributed by atoms with E-state index in [2.05, 4.69) is 40.7 Å². The van der Waals surface area contributed by atoms with Crippen LogP contribution in [-0.4, -0.2) is 72.4 Å². The number of halogens is 1. The van der Waals surface area contributed by atoms with Crippen molar-refractivity contribution in [1.29, 1.82) is 0 Å². The molecule has 2 aliphatic heterocycles. The molecule has 8 nitrogen and oxygen atoms in total. The predicted octanol–water partition coefficient (Wildman–Crippen LogP) is 0.877. The minimum atomic E-state index is -0.417. The van der Waals surface area contributed by atoms with Gasteiger partial charge in [-0.2, -0.15) is 0 Å². The van der Waals surface area contributed by atoms with Gasteiger partial charge in [-0.05, 0) is 6.92 Å². The number of hydrogen-bond donors (Lipinski definition) is 0. The summed E-state index contributed by atoms with van der Waals surface area (Å²) in [6.45, 7) is 8.24. The number of aryl methyl sites for hydroxylation is 1. The summed E-state index contributed by atoms with van der Waals surface area (Å²) in [5.41, 5.74) is 0. The fraction of sp³-hybridized carbons (Fsp3) is 0.529. The highest BCUT2D eigenvalue weighted by molar-refractivity contribution is 5.52. The monoisotopic (exact) mass is 359 g/mol. The van der Waals surface area contributed by atoms with Gasteiger partial charge in [-0.3, -0.25) is 0 Å². The molecule has 2 saturated heterocycles. The largest absolute Gasteiger partial charge is 0.378 e. The maximum atomic E-state index is 13.0. The second kappa shape index (κ2) is 7.36. The minimum absolute atomic E-state index is 0.417. The lowest BCUT2D eigenvalue weighted by Gasteiger charge is -2.36. The van der Waals surface area contributed by atoms with Crippen molar-refractivity contribution in [2.75, 3.05) is 67.2 Å². The van der Waals surface area contributed by atoms with E-state index in [9.17, 15) is 4.39 Å². The molecule has 4 rings (SSSR count). The Morgan fingerprint density at radius 3 is 2.00 bits per heavy atom. The maximum absolute atomic E-state index is 13.0. The molecule has 0 bridgehead atoms. The molecule has 0 amide bonds. The van der Waals surface area contributed by atoms with E-state index in [1.807, 2.05) is 6.92 Å². The summed E-state index contributed by atoms with van der Waals surface area (Å²) in [5.74, 6) is 2.82. The molecule has 2 aromatic rings. The smallest absolute Gasteiger partial charge is 0.225 e. The van der Waals surface area contributed by atoms with Gasteiger partial charge in [0.15, 0.2) is 5.82 Å². The van der Waals surface area contributed by atoms with Crippen LogP contribution in [0.15, 0.2) is 18.5 Å². The summed E-state index contributed by atoms with van der Waals surface area (Å²) in [5, 5.41) is 0. The highest BCUT2D eigenvalue weighted by Gasteiger charge is 2.22. The third-order valence-corrected chi connectivity index (χ3v) is 4.64. The summed E-state index contributed by atoms with van der Waals surface area (Å²) in [4.78, 5) is 23.9. The lowest BCUT2D eigenvalue weighted by Crippen LogP contribution is -2.47. The predicted molar refractivity (Wildman–Crippen MR) is 96.2 cm³/mol. The van der Waals surface area contributed by atoms with Crippen LogP contribution in [0.1, 0.15) is 5.82 Å². The first kappa shape index (κ1) is 16.9. The molecule has 0 N–H and O–H groups in total. The molecule has 0 saturated carbocycles. The lowest BCUT2D eigenvalue weighted by atomic mass is 10.3. The molecule has 2 aliphatic rings. The van der Waals surface area contributed by atoms with Gasteiger partial charge in [0.1, 0.15) is 17.5 Å². The van der Waals surface area contributed by atoms with E-state index < -0.39 is 5.82 Å². The molecule has 138 valence electrons. The lowest BCUT2D eigenvalue weighted by molar-refractivity contribution is 0.122. The Balaban J connectivity index is 1.45. The second-order valence-electron chi connectivity index (χ2n) is 6.41. The second-order valence-corrected chi connectivity index (χ2v) is 6.41. The normalized spacial score (nSPS) is 18.3. The molecule has 4 heterocycles. The Morgan fingerprint density at radius 1 is 0.846 bits per heavy atom. The average Bonchev–Trinajstić information content (AvgIpc) is 2.69. The van der Waals surface area contributed by atoms with Crippen LogP contribution in [-0.2, 0) is 4.74 Å². The quantitative estimate of drug-likeness (QED) is 0.800. The first-order valence-electron chi connectivity index (χ1n) is 8.85. The number of nitrogens with zero attached hydrogens (tertiary/aromatic N) is 7. The van der Waals surface area contributed by atoms with Crippen molar-refractivity contribution in [2.24, 2.45) is 0 Å². The Morgan fingerprint density at radius 2 is 1.38 bits per heavy atom. The molecule has 0 aromatic carbocycles. The number of piperazine rings is 1. The molecule has 9 heteroatoms. The molecule has 0 atom stereocenters. The van der Waals surface area contributed by atoms with Crippen LogP contribution in [0.4, 0.5) is 22.0 Å². The van der Waals surface area contributed by atoms with Crippen LogP contribution in [0.2, 0.25) is 0 Å². The number of aromatic nitrogens is 4. The SMILES string of the molecule is Cc1nc(N2CCOCC2)cc(N2CCN(c3ncc(F)cn3)CC2)n1. The molecular formula is C17H22FN7O. The van der Waals surface area contributed by atoms with Gasteiger partial charge in [0, 0.05) is 45.3 Å². The van der Waals surface area contributed by atoms with Gasteiger partial charge in [0.25, 0.3) is 0 Å². The van der Waals surface area contributed by atoms with E-state index >= 15 is 0 Å². The number of rotatable bonds is 3. The van der Waals surface area contributed by atoms with Crippen molar-refractivity contribution < 1.29 is 9.13 Å².